The third-order valence-corrected chi connectivity index (χ3v) is 2.64. The van der Waals surface area contributed by atoms with E-state index in [-0.39, 0.29) is 5.91 Å². The van der Waals surface area contributed by atoms with Gasteiger partial charge in [-0.15, -0.1) is 5.06 Å². The summed E-state index contributed by atoms with van der Waals surface area (Å²) in [6, 6.07) is 7.18. The molecule has 0 bridgehead atoms. The van der Waals surface area contributed by atoms with Crippen LogP contribution >= 0.6 is 0 Å². The molecule has 1 N–H and O–H groups in total. The number of hydroxylamine groups is 2. The summed E-state index contributed by atoms with van der Waals surface area (Å²) < 4.78 is 0. The Kier molecular flexibility index (Phi) is 3.41. The molecule has 86 valence electrons. The minimum absolute atomic E-state index is 0.0762. The van der Waals surface area contributed by atoms with Gasteiger partial charge in [0, 0.05) is 25.7 Å². The smallest absolute Gasteiger partial charge is 0.251 e. The van der Waals surface area contributed by atoms with Crippen LogP contribution < -0.4 is 10.2 Å². The minimum atomic E-state index is -0.0762. The molecule has 1 heterocycles. The van der Waals surface area contributed by atoms with Crippen LogP contribution in [-0.2, 0) is 0 Å². The molecular formula is C12H16N2O2. The molecule has 0 aliphatic carbocycles. The summed E-state index contributed by atoms with van der Waals surface area (Å²) in [7, 11) is 1.62. The Bertz CT molecular complexity index is 356. The highest BCUT2D eigenvalue weighted by Crippen LogP contribution is 2.16. The van der Waals surface area contributed by atoms with Gasteiger partial charge in [0.1, 0.15) is 5.75 Å². The zero-order valence-corrected chi connectivity index (χ0v) is 9.40. The van der Waals surface area contributed by atoms with Crippen molar-refractivity contribution in [1.29, 1.82) is 0 Å². The lowest BCUT2D eigenvalue weighted by Crippen LogP contribution is -2.23. The first-order chi connectivity index (χ1) is 7.79. The Labute approximate surface area is 95.2 Å². The Morgan fingerprint density at radius 3 is 2.44 bits per heavy atom. The van der Waals surface area contributed by atoms with Gasteiger partial charge in [-0.3, -0.25) is 4.79 Å². The Morgan fingerprint density at radius 1 is 1.25 bits per heavy atom. The second-order valence-electron chi connectivity index (χ2n) is 3.83. The fourth-order valence-corrected chi connectivity index (χ4v) is 1.74. The molecular weight excluding hydrogens is 204 g/mol. The Balaban J connectivity index is 1.98. The van der Waals surface area contributed by atoms with Gasteiger partial charge in [-0.25, -0.2) is 0 Å². The summed E-state index contributed by atoms with van der Waals surface area (Å²) in [6.07, 6.45) is 2.38. The molecule has 0 unspecified atom stereocenters. The normalized spacial score (nSPS) is 16.1. The van der Waals surface area contributed by atoms with Gasteiger partial charge in [0.15, 0.2) is 0 Å². The van der Waals surface area contributed by atoms with Crippen LogP contribution in [0.5, 0.6) is 5.75 Å². The summed E-state index contributed by atoms with van der Waals surface area (Å²) in [6.45, 7) is 1.97. The molecule has 2 rings (SSSR count). The number of amides is 1. The van der Waals surface area contributed by atoms with Crippen molar-refractivity contribution < 1.29 is 9.63 Å². The van der Waals surface area contributed by atoms with Gasteiger partial charge in [0.05, 0.1) is 0 Å². The van der Waals surface area contributed by atoms with Crippen molar-refractivity contribution in [2.24, 2.45) is 0 Å². The highest BCUT2D eigenvalue weighted by atomic mass is 16.7. The molecule has 1 saturated heterocycles. The maximum absolute atomic E-state index is 11.3. The van der Waals surface area contributed by atoms with Crippen LogP contribution in [0.2, 0.25) is 0 Å². The number of carbonyl (C=O) groups excluding carboxylic acids is 1. The number of rotatable bonds is 3. The maximum Gasteiger partial charge on any atom is 0.251 e. The van der Waals surface area contributed by atoms with Gasteiger partial charge in [0.25, 0.3) is 5.91 Å². The number of carbonyl (C=O) groups is 1. The fraction of sp³-hybridized carbons (Fsp3) is 0.417. The van der Waals surface area contributed by atoms with E-state index in [4.69, 9.17) is 4.84 Å². The molecule has 0 radical (unpaired) electrons. The lowest BCUT2D eigenvalue weighted by atomic mass is 10.2. The second-order valence-corrected chi connectivity index (χ2v) is 3.83. The van der Waals surface area contributed by atoms with E-state index in [2.05, 4.69) is 5.32 Å². The van der Waals surface area contributed by atoms with Crippen molar-refractivity contribution in [2.75, 3.05) is 20.1 Å². The van der Waals surface area contributed by atoms with Crippen molar-refractivity contribution >= 4 is 5.91 Å². The van der Waals surface area contributed by atoms with Crippen molar-refractivity contribution in [1.82, 2.24) is 10.4 Å². The lowest BCUT2D eigenvalue weighted by Gasteiger charge is -2.15. The van der Waals surface area contributed by atoms with E-state index in [1.165, 1.54) is 12.8 Å². The zero-order valence-electron chi connectivity index (χ0n) is 9.40. The van der Waals surface area contributed by atoms with Crippen LogP contribution in [0.15, 0.2) is 24.3 Å². The Hall–Kier alpha value is -1.55. The predicted octanol–water partition coefficient (Wildman–Crippen LogP) is 1.44. The molecule has 16 heavy (non-hydrogen) atoms. The topological polar surface area (TPSA) is 41.6 Å². The third kappa shape index (κ3) is 2.52. The Morgan fingerprint density at radius 2 is 1.88 bits per heavy atom. The number of hydrogen-bond donors (Lipinski definition) is 1. The molecule has 1 fully saturated rings. The zero-order chi connectivity index (χ0) is 11.4. The third-order valence-electron chi connectivity index (χ3n) is 2.64. The van der Waals surface area contributed by atoms with Crippen LogP contribution in [-0.4, -0.2) is 31.1 Å². The van der Waals surface area contributed by atoms with Crippen molar-refractivity contribution in [3.8, 4) is 5.75 Å². The quantitative estimate of drug-likeness (QED) is 0.838. The first kappa shape index (κ1) is 11.0. The molecule has 0 aromatic heterocycles. The first-order valence-corrected chi connectivity index (χ1v) is 5.54. The van der Waals surface area contributed by atoms with Crippen LogP contribution in [0, 0.1) is 0 Å². The van der Waals surface area contributed by atoms with E-state index < -0.39 is 0 Å². The molecule has 4 heteroatoms. The van der Waals surface area contributed by atoms with Gasteiger partial charge in [0.2, 0.25) is 0 Å². The van der Waals surface area contributed by atoms with Gasteiger partial charge in [-0.1, -0.05) is 0 Å². The maximum atomic E-state index is 11.3. The molecule has 0 saturated carbocycles. The van der Waals surface area contributed by atoms with E-state index >= 15 is 0 Å². The number of hydrogen-bond acceptors (Lipinski definition) is 3. The van der Waals surface area contributed by atoms with E-state index in [1.807, 2.05) is 17.2 Å². The molecule has 1 aromatic rings. The van der Waals surface area contributed by atoms with Gasteiger partial charge in [-0.05, 0) is 37.1 Å². The summed E-state index contributed by atoms with van der Waals surface area (Å²) >= 11 is 0. The summed E-state index contributed by atoms with van der Waals surface area (Å²) in [5.74, 6) is 0.710. The standard InChI is InChI=1S/C12H16N2O2/c1-13-12(15)10-4-6-11(7-5-10)16-14-8-2-3-9-14/h4-7H,2-3,8-9H2,1H3,(H,13,15). The first-order valence-electron chi connectivity index (χ1n) is 5.54. The number of nitrogens with one attached hydrogen (secondary N) is 1. The molecule has 1 aliphatic heterocycles. The SMILES string of the molecule is CNC(=O)c1ccc(ON2CCCC2)cc1. The predicted molar refractivity (Wildman–Crippen MR) is 61.3 cm³/mol. The van der Waals surface area contributed by atoms with E-state index in [9.17, 15) is 4.79 Å². The molecule has 0 spiro atoms. The van der Waals surface area contributed by atoms with Crippen LogP contribution in [0.4, 0.5) is 0 Å². The van der Waals surface area contributed by atoms with E-state index in [0.29, 0.717) is 5.56 Å². The van der Waals surface area contributed by atoms with E-state index in [0.717, 1.165) is 18.8 Å². The van der Waals surface area contributed by atoms with Gasteiger partial charge < -0.3 is 10.2 Å². The largest absolute Gasteiger partial charge is 0.406 e. The number of benzene rings is 1. The van der Waals surface area contributed by atoms with Gasteiger partial charge in [-0.2, -0.15) is 0 Å². The summed E-state index contributed by atoms with van der Waals surface area (Å²) in [5.41, 5.74) is 0.649. The average molecular weight is 220 g/mol. The lowest BCUT2D eigenvalue weighted by molar-refractivity contribution is -0.0346. The molecule has 4 nitrogen and oxygen atoms in total. The summed E-state index contributed by atoms with van der Waals surface area (Å²) in [5, 5.41) is 4.54. The monoisotopic (exact) mass is 220 g/mol. The van der Waals surface area contributed by atoms with Crippen molar-refractivity contribution in [3.05, 3.63) is 29.8 Å². The fourth-order valence-electron chi connectivity index (χ4n) is 1.74. The summed E-state index contributed by atoms with van der Waals surface area (Å²) in [4.78, 5) is 17.0. The van der Waals surface area contributed by atoms with Crippen LogP contribution in [0.1, 0.15) is 23.2 Å². The molecule has 1 aliphatic rings. The van der Waals surface area contributed by atoms with Crippen LogP contribution in [0.25, 0.3) is 0 Å². The van der Waals surface area contributed by atoms with E-state index in [1.54, 1.807) is 19.2 Å². The van der Waals surface area contributed by atoms with Crippen molar-refractivity contribution in [3.63, 3.8) is 0 Å². The molecule has 1 aromatic carbocycles. The highest BCUT2D eigenvalue weighted by molar-refractivity contribution is 5.94. The molecule has 1 amide bonds. The minimum Gasteiger partial charge on any atom is -0.406 e. The highest BCUT2D eigenvalue weighted by Gasteiger charge is 2.13. The van der Waals surface area contributed by atoms with Gasteiger partial charge >= 0.3 is 0 Å². The van der Waals surface area contributed by atoms with Crippen LogP contribution in [0.3, 0.4) is 0 Å². The average Bonchev–Trinajstić information content (AvgIpc) is 2.82. The molecule has 0 atom stereocenters. The second kappa shape index (κ2) is 4.99. The van der Waals surface area contributed by atoms with Crippen molar-refractivity contribution in [2.45, 2.75) is 12.8 Å². The number of nitrogens with zero attached hydrogens (tertiary/aromatic N) is 1.